The largest absolute Gasteiger partial charge is 0.488 e. The molecule has 26 heavy (non-hydrogen) atoms. The molecule has 132 valence electrons. The number of likely N-dealkylation sites (N-methyl/N-ethyl adjacent to an activating group) is 1. The first kappa shape index (κ1) is 16.4. The standard InChI is InChI=1S/C21H21N3O2/c1-23(15-19-13-17-7-2-3-9-20(17)26-19)21(25)18-8-4-6-16(12-18)14-24-11-5-10-22-24/h2-12,19H,13-15H2,1H3/t19-/m0/s1. The van der Waals surface area contributed by atoms with Crippen LogP contribution in [0.3, 0.4) is 0 Å². The summed E-state index contributed by atoms with van der Waals surface area (Å²) in [6.07, 6.45) is 4.51. The van der Waals surface area contributed by atoms with E-state index in [9.17, 15) is 4.79 Å². The van der Waals surface area contributed by atoms with Crippen LogP contribution in [0.15, 0.2) is 67.0 Å². The highest BCUT2D eigenvalue weighted by atomic mass is 16.5. The molecule has 1 aliphatic rings. The highest BCUT2D eigenvalue weighted by Crippen LogP contribution is 2.28. The number of nitrogens with zero attached hydrogens (tertiary/aromatic N) is 3. The molecule has 1 aromatic heterocycles. The minimum Gasteiger partial charge on any atom is -0.488 e. The third-order valence-corrected chi connectivity index (χ3v) is 4.62. The van der Waals surface area contributed by atoms with Gasteiger partial charge in [-0.15, -0.1) is 0 Å². The van der Waals surface area contributed by atoms with E-state index in [1.165, 1.54) is 5.56 Å². The van der Waals surface area contributed by atoms with Gasteiger partial charge in [0.15, 0.2) is 0 Å². The van der Waals surface area contributed by atoms with Gasteiger partial charge in [-0.1, -0.05) is 30.3 Å². The van der Waals surface area contributed by atoms with Crippen molar-refractivity contribution in [1.82, 2.24) is 14.7 Å². The molecule has 0 unspecified atom stereocenters. The number of carbonyl (C=O) groups excluding carboxylic acids is 1. The Morgan fingerprint density at radius 2 is 2.12 bits per heavy atom. The van der Waals surface area contributed by atoms with Crippen molar-refractivity contribution in [3.8, 4) is 5.75 Å². The summed E-state index contributed by atoms with van der Waals surface area (Å²) in [7, 11) is 1.83. The molecule has 2 aromatic carbocycles. The van der Waals surface area contributed by atoms with Crippen LogP contribution in [-0.2, 0) is 13.0 Å². The first-order valence-corrected chi connectivity index (χ1v) is 8.75. The van der Waals surface area contributed by atoms with Crippen LogP contribution in [0.5, 0.6) is 5.75 Å². The van der Waals surface area contributed by atoms with Crippen LogP contribution >= 0.6 is 0 Å². The molecule has 0 N–H and O–H groups in total. The number of rotatable bonds is 5. The molecule has 1 atom stereocenters. The quantitative estimate of drug-likeness (QED) is 0.713. The summed E-state index contributed by atoms with van der Waals surface area (Å²) < 4.78 is 7.80. The van der Waals surface area contributed by atoms with E-state index in [4.69, 9.17) is 4.74 Å². The summed E-state index contributed by atoms with van der Waals surface area (Å²) in [5.74, 6) is 0.937. The molecular formula is C21H21N3O2. The predicted molar refractivity (Wildman–Crippen MR) is 99.3 cm³/mol. The first-order valence-electron chi connectivity index (χ1n) is 8.75. The second-order valence-electron chi connectivity index (χ2n) is 6.64. The zero-order valence-corrected chi connectivity index (χ0v) is 14.7. The fourth-order valence-electron chi connectivity index (χ4n) is 3.35. The Morgan fingerprint density at radius 3 is 2.92 bits per heavy atom. The van der Waals surface area contributed by atoms with Gasteiger partial charge in [0, 0.05) is 31.4 Å². The second kappa shape index (κ2) is 7.04. The molecule has 3 aromatic rings. The van der Waals surface area contributed by atoms with Gasteiger partial charge in [-0.3, -0.25) is 9.48 Å². The maximum atomic E-state index is 12.8. The minimum absolute atomic E-state index is 0.00636. The molecule has 0 saturated heterocycles. The van der Waals surface area contributed by atoms with Crippen molar-refractivity contribution in [3.63, 3.8) is 0 Å². The number of ether oxygens (including phenoxy) is 1. The van der Waals surface area contributed by atoms with Crippen molar-refractivity contribution < 1.29 is 9.53 Å². The predicted octanol–water partition coefficient (Wildman–Crippen LogP) is 3.01. The lowest BCUT2D eigenvalue weighted by molar-refractivity contribution is 0.0730. The van der Waals surface area contributed by atoms with Crippen molar-refractivity contribution in [1.29, 1.82) is 0 Å². The average molecular weight is 347 g/mol. The molecule has 0 fully saturated rings. The average Bonchev–Trinajstić information content (AvgIpc) is 3.30. The normalized spacial score (nSPS) is 15.3. The summed E-state index contributed by atoms with van der Waals surface area (Å²) >= 11 is 0. The van der Waals surface area contributed by atoms with Crippen LogP contribution < -0.4 is 4.74 Å². The van der Waals surface area contributed by atoms with E-state index >= 15 is 0 Å². The van der Waals surface area contributed by atoms with E-state index in [2.05, 4.69) is 11.2 Å². The molecular weight excluding hydrogens is 326 g/mol. The van der Waals surface area contributed by atoms with Gasteiger partial charge in [-0.25, -0.2) is 0 Å². The van der Waals surface area contributed by atoms with Gasteiger partial charge in [0.05, 0.1) is 13.1 Å². The van der Waals surface area contributed by atoms with Crippen molar-refractivity contribution in [2.75, 3.05) is 13.6 Å². The Morgan fingerprint density at radius 1 is 1.23 bits per heavy atom. The van der Waals surface area contributed by atoms with E-state index in [-0.39, 0.29) is 12.0 Å². The summed E-state index contributed by atoms with van der Waals surface area (Å²) in [4.78, 5) is 14.5. The number of carbonyl (C=O) groups is 1. The molecule has 2 heterocycles. The zero-order chi connectivity index (χ0) is 17.9. The van der Waals surface area contributed by atoms with Crippen LogP contribution in [0.4, 0.5) is 0 Å². The summed E-state index contributed by atoms with van der Waals surface area (Å²) in [6.45, 7) is 1.22. The summed E-state index contributed by atoms with van der Waals surface area (Å²) in [5.41, 5.74) is 2.95. The molecule has 0 spiro atoms. The van der Waals surface area contributed by atoms with Gasteiger partial charge < -0.3 is 9.64 Å². The molecule has 1 aliphatic heterocycles. The van der Waals surface area contributed by atoms with E-state index in [0.717, 1.165) is 17.7 Å². The lowest BCUT2D eigenvalue weighted by atomic mass is 10.1. The summed E-state index contributed by atoms with van der Waals surface area (Å²) in [6, 6.07) is 17.7. The van der Waals surface area contributed by atoms with Gasteiger partial charge >= 0.3 is 0 Å². The van der Waals surface area contributed by atoms with Gasteiger partial charge in [-0.2, -0.15) is 5.10 Å². The number of hydrogen-bond donors (Lipinski definition) is 0. The van der Waals surface area contributed by atoms with Crippen LogP contribution in [0.2, 0.25) is 0 Å². The number of amides is 1. The number of aromatic nitrogens is 2. The lowest BCUT2D eigenvalue weighted by Crippen LogP contribution is -2.36. The zero-order valence-electron chi connectivity index (χ0n) is 14.7. The Kier molecular flexibility index (Phi) is 4.44. The van der Waals surface area contributed by atoms with Crippen LogP contribution in [-0.4, -0.2) is 40.3 Å². The molecule has 4 rings (SSSR count). The topological polar surface area (TPSA) is 47.4 Å². The molecule has 0 bridgehead atoms. The van der Waals surface area contributed by atoms with E-state index in [0.29, 0.717) is 18.7 Å². The Balaban J connectivity index is 1.41. The monoisotopic (exact) mass is 347 g/mol. The van der Waals surface area contributed by atoms with E-state index < -0.39 is 0 Å². The third-order valence-electron chi connectivity index (χ3n) is 4.62. The highest BCUT2D eigenvalue weighted by molar-refractivity contribution is 5.94. The molecule has 5 heteroatoms. The van der Waals surface area contributed by atoms with Crippen molar-refractivity contribution in [2.24, 2.45) is 0 Å². The van der Waals surface area contributed by atoms with Crippen molar-refractivity contribution in [3.05, 3.63) is 83.7 Å². The van der Waals surface area contributed by atoms with Crippen LogP contribution in [0.1, 0.15) is 21.5 Å². The SMILES string of the molecule is CN(C[C@@H]1Cc2ccccc2O1)C(=O)c1cccc(Cn2cccn2)c1. The fraction of sp³-hybridized carbons (Fsp3) is 0.238. The van der Waals surface area contributed by atoms with E-state index in [1.54, 1.807) is 11.1 Å². The number of hydrogen-bond acceptors (Lipinski definition) is 3. The number of fused-ring (bicyclic) bond motifs is 1. The van der Waals surface area contributed by atoms with Gasteiger partial charge in [0.25, 0.3) is 5.91 Å². The highest BCUT2D eigenvalue weighted by Gasteiger charge is 2.25. The van der Waals surface area contributed by atoms with Crippen LogP contribution in [0, 0.1) is 0 Å². The minimum atomic E-state index is 0.00636. The second-order valence-corrected chi connectivity index (χ2v) is 6.64. The number of benzene rings is 2. The van der Waals surface area contributed by atoms with Gasteiger partial charge in [-0.05, 0) is 35.4 Å². The van der Waals surface area contributed by atoms with Gasteiger partial charge in [0.1, 0.15) is 11.9 Å². The Labute approximate surface area is 152 Å². The Bertz CT molecular complexity index is 880. The smallest absolute Gasteiger partial charge is 0.253 e. The maximum absolute atomic E-state index is 12.8. The van der Waals surface area contributed by atoms with Crippen molar-refractivity contribution in [2.45, 2.75) is 19.1 Å². The van der Waals surface area contributed by atoms with E-state index in [1.807, 2.05) is 66.5 Å². The van der Waals surface area contributed by atoms with Crippen LogP contribution in [0.25, 0.3) is 0 Å². The lowest BCUT2D eigenvalue weighted by Gasteiger charge is -2.21. The summed E-state index contributed by atoms with van der Waals surface area (Å²) in [5, 5.41) is 4.21. The fourth-order valence-corrected chi connectivity index (χ4v) is 3.35. The molecule has 0 aliphatic carbocycles. The first-order chi connectivity index (χ1) is 12.7. The molecule has 0 radical (unpaired) electrons. The number of para-hydroxylation sites is 1. The molecule has 5 nitrogen and oxygen atoms in total. The van der Waals surface area contributed by atoms with Gasteiger partial charge in [0.2, 0.25) is 0 Å². The molecule has 1 amide bonds. The molecule has 0 saturated carbocycles. The maximum Gasteiger partial charge on any atom is 0.253 e. The third kappa shape index (κ3) is 3.47. The Hall–Kier alpha value is -3.08. The van der Waals surface area contributed by atoms with Crippen molar-refractivity contribution >= 4 is 5.91 Å².